The van der Waals surface area contributed by atoms with E-state index in [0.717, 1.165) is 27.7 Å². The van der Waals surface area contributed by atoms with Crippen molar-refractivity contribution in [3.05, 3.63) is 30.3 Å². The van der Waals surface area contributed by atoms with E-state index in [-0.39, 0.29) is 4.90 Å². The zero-order valence-corrected chi connectivity index (χ0v) is 18.7. The van der Waals surface area contributed by atoms with Crippen LogP contribution in [-0.2, 0) is 52.7 Å². The molecule has 0 aliphatic carbocycles. The van der Waals surface area contributed by atoms with E-state index in [2.05, 4.69) is 0 Å². The van der Waals surface area contributed by atoms with Gasteiger partial charge in [-0.2, -0.15) is 0 Å². The Morgan fingerprint density at radius 2 is 1.28 bits per heavy atom. The molecule has 1 fully saturated rings. The lowest BCUT2D eigenvalue weighted by atomic mass is 9.99. The third kappa shape index (κ3) is 6.26. The van der Waals surface area contributed by atoms with Crippen LogP contribution >= 0.6 is 0 Å². The summed E-state index contributed by atoms with van der Waals surface area (Å²) in [5.74, 6) is -3.25. The predicted molar refractivity (Wildman–Crippen MR) is 106 cm³/mol. The van der Waals surface area contributed by atoms with Crippen LogP contribution in [0.15, 0.2) is 35.2 Å². The molecule has 0 saturated carbocycles. The first-order valence-corrected chi connectivity index (χ1v) is 11.1. The molecule has 11 nitrogen and oxygen atoms in total. The van der Waals surface area contributed by atoms with E-state index in [1.54, 1.807) is 6.07 Å². The number of sulfone groups is 1. The number of carbonyl (C=O) groups is 4. The standard InChI is InChI=1S/C20H24O11S/c1-11(21)27-10-16-17(28-12(2)22)18(29-13(3)23)19(30-14(4)24)20(31-16)32(25,26)15-8-6-5-7-9-15/h5-9,16-20H,10H2,1-4H3. The van der Waals surface area contributed by atoms with E-state index in [4.69, 9.17) is 23.7 Å². The third-order valence-corrected chi connectivity index (χ3v) is 6.25. The zero-order chi connectivity index (χ0) is 24.1. The van der Waals surface area contributed by atoms with Gasteiger partial charge in [0.15, 0.2) is 18.3 Å². The normalized spacial score (nSPS) is 25.3. The summed E-state index contributed by atoms with van der Waals surface area (Å²) in [6.45, 7) is 3.75. The highest BCUT2D eigenvalue weighted by molar-refractivity contribution is 7.92. The second-order valence-corrected chi connectivity index (χ2v) is 8.95. The quantitative estimate of drug-likeness (QED) is 0.404. The molecule has 32 heavy (non-hydrogen) atoms. The lowest BCUT2D eigenvalue weighted by Crippen LogP contribution is -2.64. The molecule has 0 bridgehead atoms. The van der Waals surface area contributed by atoms with Gasteiger partial charge in [0.2, 0.25) is 15.3 Å². The van der Waals surface area contributed by atoms with Crippen molar-refractivity contribution in [1.82, 2.24) is 0 Å². The maximum atomic E-state index is 13.4. The molecule has 1 heterocycles. The van der Waals surface area contributed by atoms with Crippen LogP contribution in [0.4, 0.5) is 0 Å². The Labute approximate surface area is 184 Å². The second kappa shape index (κ2) is 10.6. The molecule has 1 aliphatic heterocycles. The molecule has 0 aromatic heterocycles. The minimum absolute atomic E-state index is 0.152. The number of hydrogen-bond acceptors (Lipinski definition) is 11. The van der Waals surface area contributed by atoms with Crippen LogP contribution in [0.1, 0.15) is 27.7 Å². The summed E-state index contributed by atoms with van der Waals surface area (Å²) >= 11 is 0. The largest absolute Gasteiger partial charge is 0.463 e. The predicted octanol–water partition coefficient (Wildman–Crippen LogP) is 0.543. The summed E-state index contributed by atoms with van der Waals surface area (Å²) in [5, 5.41) is 0. The van der Waals surface area contributed by atoms with Crippen molar-refractivity contribution in [3.8, 4) is 0 Å². The third-order valence-electron chi connectivity index (χ3n) is 4.33. The van der Waals surface area contributed by atoms with Crippen LogP contribution in [0, 0.1) is 0 Å². The van der Waals surface area contributed by atoms with Gasteiger partial charge in [0.1, 0.15) is 12.7 Å². The highest BCUT2D eigenvalue weighted by atomic mass is 32.2. The van der Waals surface area contributed by atoms with Crippen LogP contribution in [0.25, 0.3) is 0 Å². The van der Waals surface area contributed by atoms with Crippen LogP contribution in [0.3, 0.4) is 0 Å². The molecule has 1 saturated heterocycles. The maximum Gasteiger partial charge on any atom is 0.303 e. The van der Waals surface area contributed by atoms with Gasteiger partial charge in [0.05, 0.1) is 4.90 Å². The van der Waals surface area contributed by atoms with Gasteiger partial charge in [-0.1, -0.05) is 18.2 Å². The highest BCUT2D eigenvalue weighted by Crippen LogP contribution is 2.34. The molecule has 5 atom stereocenters. The Balaban J connectivity index is 2.61. The molecule has 1 aromatic rings. The van der Waals surface area contributed by atoms with E-state index in [1.165, 1.54) is 24.3 Å². The Hall–Kier alpha value is -2.99. The number of esters is 4. The number of carbonyl (C=O) groups excluding carboxylic acids is 4. The maximum absolute atomic E-state index is 13.4. The fraction of sp³-hybridized carbons (Fsp3) is 0.500. The molecule has 0 N–H and O–H groups in total. The zero-order valence-electron chi connectivity index (χ0n) is 17.9. The van der Waals surface area contributed by atoms with Crippen molar-refractivity contribution in [2.45, 2.75) is 62.4 Å². The molecule has 1 aromatic carbocycles. The van der Waals surface area contributed by atoms with Crippen LogP contribution < -0.4 is 0 Å². The van der Waals surface area contributed by atoms with Crippen molar-refractivity contribution in [2.75, 3.05) is 6.61 Å². The molecule has 2 rings (SSSR count). The smallest absolute Gasteiger partial charge is 0.303 e. The van der Waals surface area contributed by atoms with Gasteiger partial charge in [0.25, 0.3) is 0 Å². The number of ether oxygens (including phenoxy) is 5. The average molecular weight is 472 g/mol. The fourth-order valence-corrected chi connectivity index (χ4v) is 4.84. The summed E-state index contributed by atoms with van der Waals surface area (Å²) in [6.07, 6.45) is -6.01. The first kappa shape index (κ1) is 25.3. The fourth-order valence-electron chi connectivity index (χ4n) is 3.18. The Kier molecular flexibility index (Phi) is 8.33. The van der Waals surface area contributed by atoms with Gasteiger partial charge < -0.3 is 23.7 Å². The monoisotopic (exact) mass is 472 g/mol. The highest BCUT2D eigenvalue weighted by Gasteiger charge is 2.56. The van der Waals surface area contributed by atoms with Gasteiger partial charge in [-0.05, 0) is 12.1 Å². The van der Waals surface area contributed by atoms with Crippen molar-refractivity contribution in [3.63, 3.8) is 0 Å². The summed E-state index contributed by atoms with van der Waals surface area (Å²) in [5.41, 5.74) is -1.86. The van der Waals surface area contributed by atoms with Crippen molar-refractivity contribution >= 4 is 33.7 Å². The van der Waals surface area contributed by atoms with E-state index < -0.39 is 70.2 Å². The molecule has 12 heteroatoms. The minimum atomic E-state index is -4.32. The van der Waals surface area contributed by atoms with Crippen LogP contribution in [0.2, 0.25) is 0 Å². The lowest BCUT2D eigenvalue weighted by Gasteiger charge is -2.43. The molecular weight excluding hydrogens is 448 g/mol. The van der Waals surface area contributed by atoms with E-state index in [1.807, 2.05) is 0 Å². The first-order valence-electron chi connectivity index (χ1n) is 9.53. The molecule has 5 unspecified atom stereocenters. The van der Waals surface area contributed by atoms with E-state index in [9.17, 15) is 27.6 Å². The van der Waals surface area contributed by atoms with Gasteiger partial charge >= 0.3 is 23.9 Å². The summed E-state index contributed by atoms with van der Waals surface area (Å²) in [6, 6.07) is 7.19. The molecule has 0 radical (unpaired) electrons. The first-order chi connectivity index (χ1) is 14.9. The van der Waals surface area contributed by atoms with E-state index in [0.29, 0.717) is 0 Å². The minimum Gasteiger partial charge on any atom is -0.463 e. The van der Waals surface area contributed by atoms with Crippen molar-refractivity contribution < 1.29 is 51.3 Å². The molecule has 0 spiro atoms. The van der Waals surface area contributed by atoms with Crippen LogP contribution in [-0.4, -0.2) is 68.8 Å². The van der Waals surface area contributed by atoms with Crippen LogP contribution in [0.5, 0.6) is 0 Å². The van der Waals surface area contributed by atoms with E-state index >= 15 is 0 Å². The summed E-state index contributed by atoms with van der Waals surface area (Å²) in [4.78, 5) is 46.5. The topological polar surface area (TPSA) is 149 Å². The number of rotatable bonds is 7. The SMILES string of the molecule is CC(=O)OCC1OC(S(=O)(=O)c2ccccc2)C(OC(C)=O)C(OC(C)=O)C1OC(C)=O. The lowest BCUT2D eigenvalue weighted by molar-refractivity contribution is -0.238. The Morgan fingerprint density at radius 1 is 0.781 bits per heavy atom. The molecular formula is C20H24O11S. The summed E-state index contributed by atoms with van der Waals surface area (Å²) < 4.78 is 53.0. The Morgan fingerprint density at radius 3 is 1.78 bits per heavy atom. The van der Waals surface area contributed by atoms with Gasteiger partial charge in [0, 0.05) is 27.7 Å². The van der Waals surface area contributed by atoms with Crippen molar-refractivity contribution in [1.29, 1.82) is 0 Å². The molecule has 176 valence electrons. The molecule has 1 aliphatic rings. The second-order valence-electron chi connectivity index (χ2n) is 6.93. The van der Waals surface area contributed by atoms with Gasteiger partial charge in [-0.15, -0.1) is 0 Å². The Bertz CT molecular complexity index is 957. The summed E-state index contributed by atoms with van der Waals surface area (Å²) in [7, 11) is -4.32. The number of benzene rings is 1. The van der Waals surface area contributed by atoms with Crippen molar-refractivity contribution in [2.24, 2.45) is 0 Å². The number of hydrogen-bond donors (Lipinski definition) is 0. The van der Waals surface area contributed by atoms with Gasteiger partial charge in [-0.3, -0.25) is 19.2 Å². The van der Waals surface area contributed by atoms with Gasteiger partial charge in [-0.25, -0.2) is 8.42 Å². The average Bonchev–Trinajstić information content (AvgIpc) is 2.69. The molecule has 0 amide bonds.